The molecule has 2 aromatic rings. The lowest BCUT2D eigenvalue weighted by Gasteiger charge is -1.99. The number of H-pyrrole nitrogens is 1. The molecule has 0 aliphatic heterocycles. The summed E-state index contributed by atoms with van der Waals surface area (Å²) in [7, 11) is 0. The number of amides is 1. The van der Waals surface area contributed by atoms with Gasteiger partial charge in [0.2, 0.25) is 6.41 Å². The van der Waals surface area contributed by atoms with Gasteiger partial charge in [0.1, 0.15) is 5.52 Å². The molecule has 0 saturated heterocycles. The van der Waals surface area contributed by atoms with Gasteiger partial charge in [-0.05, 0) is 12.1 Å². The van der Waals surface area contributed by atoms with Crippen molar-refractivity contribution in [2.75, 3.05) is 5.32 Å². The van der Waals surface area contributed by atoms with E-state index in [2.05, 4.69) is 15.3 Å². The van der Waals surface area contributed by atoms with Crippen molar-refractivity contribution < 1.29 is 9.18 Å². The predicted octanol–water partition coefficient (Wildman–Crippen LogP) is 1.27. The zero-order valence-electron chi connectivity index (χ0n) is 6.54. The van der Waals surface area contributed by atoms with Gasteiger partial charge in [0.15, 0.2) is 5.82 Å². The minimum Gasteiger partial charge on any atom is -0.345 e. The normalized spacial score (nSPS) is 10.2. The van der Waals surface area contributed by atoms with E-state index in [4.69, 9.17) is 0 Å². The van der Waals surface area contributed by atoms with Gasteiger partial charge in [-0.25, -0.2) is 9.37 Å². The van der Waals surface area contributed by atoms with Crippen molar-refractivity contribution in [3.63, 3.8) is 0 Å². The molecule has 0 aliphatic carbocycles. The minimum atomic E-state index is -0.522. The van der Waals surface area contributed by atoms with E-state index in [9.17, 15) is 9.18 Å². The van der Waals surface area contributed by atoms with Gasteiger partial charge in [0, 0.05) is 0 Å². The first-order valence-corrected chi connectivity index (χ1v) is 3.64. The third kappa shape index (κ3) is 1.14. The molecule has 13 heavy (non-hydrogen) atoms. The van der Waals surface area contributed by atoms with Crippen LogP contribution in [0.3, 0.4) is 0 Å². The number of hydrogen-bond donors (Lipinski definition) is 2. The van der Waals surface area contributed by atoms with Crippen LogP contribution in [0.15, 0.2) is 18.5 Å². The van der Waals surface area contributed by atoms with E-state index in [1.165, 1.54) is 12.4 Å². The molecule has 2 rings (SSSR count). The number of anilines is 1. The molecule has 4 nitrogen and oxygen atoms in total. The molecular formula is C8H6FN3O. The third-order valence-corrected chi connectivity index (χ3v) is 1.74. The standard InChI is InChI=1S/C8H6FN3O/c9-7-5(12-4-13)1-2-6-8(7)11-3-10-6/h1-4H,(H,10,11)(H,12,13). The number of nitrogens with one attached hydrogen (secondary N) is 2. The van der Waals surface area contributed by atoms with Crippen molar-refractivity contribution in [3.8, 4) is 0 Å². The van der Waals surface area contributed by atoms with Crippen LogP contribution in [-0.4, -0.2) is 16.4 Å². The highest BCUT2D eigenvalue weighted by Crippen LogP contribution is 2.20. The number of carbonyl (C=O) groups is 1. The van der Waals surface area contributed by atoms with Crippen LogP contribution in [0.5, 0.6) is 0 Å². The molecule has 0 fully saturated rings. The predicted molar refractivity (Wildman–Crippen MR) is 45.7 cm³/mol. The topological polar surface area (TPSA) is 57.8 Å². The number of benzene rings is 1. The van der Waals surface area contributed by atoms with Gasteiger partial charge in [0.05, 0.1) is 17.5 Å². The minimum absolute atomic E-state index is 0.134. The maximum atomic E-state index is 13.4. The monoisotopic (exact) mass is 179 g/mol. The Labute approximate surface area is 72.8 Å². The highest BCUT2D eigenvalue weighted by Gasteiger charge is 2.07. The van der Waals surface area contributed by atoms with Crippen molar-refractivity contribution in [1.29, 1.82) is 0 Å². The van der Waals surface area contributed by atoms with Gasteiger partial charge >= 0.3 is 0 Å². The van der Waals surface area contributed by atoms with Gasteiger partial charge in [0.25, 0.3) is 0 Å². The van der Waals surface area contributed by atoms with E-state index in [1.54, 1.807) is 6.07 Å². The zero-order chi connectivity index (χ0) is 9.26. The SMILES string of the molecule is O=CNc1ccc2[nH]cnc2c1F. The molecule has 0 radical (unpaired) electrons. The second-order valence-electron chi connectivity index (χ2n) is 2.49. The summed E-state index contributed by atoms with van der Waals surface area (Å²) in [6.45, 7) is 0. The number of hydrogen-bond acceptors (Lipinski definition) is 2. The average molecular weight is 179 g/mol. The second-order valence-corrected chi connectivity index (χ2v) is 2.49. The number of aromatic amines is 1. The molecule has 1 aromatic heterocycles. The fraction of sp³-hybridized carbons (Fsp3) is 0. The molecule has 5 heteroatoms. The van der Waals surface area contributed by atoms with E-state index in [-0.39, 0.29) is 11.2 Å². The molecule has 1 heterocycles. The van der Waals surface area contributed by atoms with Crippen LogP contribution in [0.2, 0.25) is 0 Å². The average Bonchev–Trinajstić information content (AvgIpc) is 2.58. The molecule has 0 unspecified atom stereocenters. The van der Waals surface area contributed by atoms with E-state index >= 15 is 0 Å². The molecule has 0 atom stereocenters. The quantitative estimate of drug-likeness (QED) is 0.682. The maximum Gasteiger partial charge on any atom is 0.211 e. The van der Waals surface area contributed by atoms with Gasteiger partial charge in [-0.1, -0.05) is 0 Å². The summed E-state index contributed by atoms with van der Waals surface area (Å²) in [6.07, 6.45) is 1.83. The van der Waals surface area contributed by atoms with E-state index in [1.807, 2.05) is 0 Å². The van der Waals surface area contributed by atoms with Gasteiger partial charge in [-0.2, -0.15) is 0 Å². The highest BCUT2D eigenvalue weighted by atomic mass is 19.1. The molecule has 1 amide bonds. The Hall–Kier alpha value is -1.91. The first-order valence-electron chi connectivity index (χ1n) is 3.64. The van der Waals surface area contributed by atoms with Crippen LogP contribution >= 0.6 is 0 Å². The molecule has 0 bridgehead atoms. The molecule has 0 saturated carbocycles. The highest BCUT2D eigenvalue weighted by molar-refractivity contribution is 5.83. The second kappa shape index (κ2) is 2.85. The largest absolute Gasteiger partial charge is 0.345 e. The molecule has 0 spiro atoms. The van der Waals surface area contributed by atoms with Crippen molar-refractivity contribution >= 4 is 23.1 Å². The van der Waals surface area contributed by atoms with Crippen LogP contribution < -0.4 is 5.32 Å². The van der Waals surface area contributed by atoms with Crippen LogP contribution in [-0.2, 0) is 4.79 Å². The molecule has 0 aliphatic rings. The van der Waals surface area contributed by atoms with Gasteiger partial charge in [-0.15, -0.1) is 0 Å². The summed E-state index contributed by atoms with van der Waals surface area (Å²) in [4.78, 5) is 16.6. The van der Waals surface area contributed by atoms with Gasteiger partial charge < -0.3 is 10.3 Å². The van der Waals surface area contributed by atoms with Crippen molar-refractivity contribution in [2.45, 2.75) is 0 Å². The maximum absolute atomic E-state index is 13.4. The number of imidazole rings is 1. The first kappa shape index (κ1) is 7.72. The molecule has 2 N–H and O–H groups in total. The molecular weight excluding hydrogens is 173 g/mol. The Morgan fingerprint density at radius 1 is 1.54 bits per heavy atom. The van der Waals surface area contributed by atoms with E-state index in [0.29, 0.717) is 11.9 Å². The fourth-order valence-electron chi connectivity index (χ4n) is 1.15. The summed E-state index contributed by atoms with van der Waals surface area (Å²) in [6, 6.07) is 3.13. The van der Waals surface area contributed by atoms with E-state index in [0.717, 1.165) is 0 Å². The molecule has 66 valence electrons. The van der Waals surface area contributed by atoms with Crippen molar-refractivity contribution in [2.24, 2.45) is 0 Å². The van der Waals surface area contributed by atoms with Crippen LogP contribution in [0.1, 0.15) is 0 Å². The zero-order valence-corrected chi connectivity index (χ0v) is 6.54. The number of carbonyl (C=O) groups excluding carboxylic acids is 1. The Balaban J connectivity index is 2.65. The summed E-state index contributed by atoms with van der Waals surface area (Å²) >= 11 is 0. The number of fused-ring (bicyclic) bond motifs is 1. The first-order chi connectivity index (χ1) is 6.33. The summed E-state index contributed by atoms with van der Waals surface area (Å²) < 4.78 is 13.4. The Morgan fingerprint density at radius 2 is 2.38 bits per heavy atom. The van der Waals surface area contributed by atoms with Gasteiger partial charge in [-0.3, -0.25) is 4.79 Å². The number of rotatable bonds is 2. The lowest BCUT2D eigenvalue weighted by molar-refractivity contribution is -0.105. The lowest BCUT2D eigenvalue weighted by atomic mass is 10.2. The Morgan fingerprint density at radius 3 is 3.15 bits per heavy atom. The lowest BCUT2D eigenvalue weighted by Crippen LogP contribution is -1.97. The van der Waals surface area contributed by atoms with E-state index < -0.39 is 5.82 Å². The van der Waals surface area contributed by atoms with Crippen molar-refractivity contribution in [3.05, 3.63) is 24.3 Å². The summed E-state index contributed by atoms with van der Waals surface area (Å²) in [5.41, 5.74) is 0.968. The van der Waals surface area contributed by atoms with Crippen molar-refractivity contribution in [1.82, 2.24) is 9.97 Å². The Bertz CT molecular complexity index is 452. The van der Waals surface area contributed by atoms with Crippen LogP contribution in [0, 0.1) is 5.82 Å². The summed E-state index contributed by atoms with van der Waals surface area (Å²) in [5, 5.41) is 2.25. The summed E-state index contributed by atoms with van der Waals surface area (Å²) in [5.74, 6) is -0.522. The number of nitrogens with zero attached hydrogens (tertiary/aromatic N) is 1. The molecule has 1 aromatic carbocycles. The van der Waals surface area contributed by atoms with Crippen LogP contribution in [0.4, 0.5) is 10.1 Å². The number of halogens is 1. The fourth-order valence-corrected chi connectivity index (χ4v) is 1.15. The third-order valence-electron chi connectivity index (χ3n) is 1.74. The van der Waals surface area contributed by atoms with Crippen LogP contribution in [0.25, 0.3) is 11.0 Å². The Kier molecular flexibility index (Phi) is 1.70. The smallest absolute Gasteiger partial charge is 0.211 e. The number of aromatic nitrogens is 2.